The van der Waals surface area contributed by atoms with Gasteiger partial charge in [0.1, 0.15) is 0 Å². The molecule has 0 amide bonds. The molecule has 1 aromatic carbocycles. The van der Waals surface area contributed by atoms with E-state index in [4.69, 9.17) is 4.74 Å². The van der Waals surface area contributed by atoms with Gasteiger partial charge >= 0.3 is 0 Å². The molecule has 0 radical (unpaired) electrons. The van der Waals surface area contributed by atoms with Crippen LogP contribution in [0.15, 0.2) is 36.4 Å². The van der Waals surface area contributed by atoms with Crippen molar-refractivity contribution >= 4 is 0 Å². The fourth-order valence-corrected chi connectivity index (χ4v) is 7.19. The highest BCUT2D eigenvalue weighted by atomic mass is 16.5. The molecular weight excluding hydrogens is 400 g/mol. The minimum Gasteiger partial charge on any atom is -0.374 e. The number of hydrogen-bond acceptors (Lipinski definition) is 1. The lowest BCUT2D eigenvalue weighted by Gasteiger charge is -2.54. The van der Waals surface area contributed by atoms with Crippen molar-refractivity contribution in [2.45, 2.75) is 140 Å². The summed E-state index contributed by atoms with van der Waals surface area (Å²) in [6, 6.07) is 10.0. The van der Waals surface area contributed by atoms with Crippen LogP contribution in [0.25, 0.3) is 0 Å². The van der Waals surface area contributed by atoms with Gasteiger partial charge in [0.05, 0.1) is 12.7 Å². The Labute approximate surface area is 204 Å². The van der Waals surface area contributed by atoms with Crippen LogP contribution in [0.1, 0.15) is 140 Å². The molecule has 0 heterocycles. The molecule has 0 atom stereocenters. The fraction of sp³-hybridized carbons (Fsp3) is 0.750. The van der Waals surface area contributed by atoms with Crippen molar-refractivity contribution in [1.82, 2.24) is 0 Å². The van der Waals surface area contributed by atoms with Gasteiger partial charge in [-0.2, -0.15) is 0 Å². The van der Waals surface area contributed by atoms with E-state index >= 15 is 0 Å². The molecule has 0 aromatic heterocycles. The molecule has 0 aliphatic heterocycles. The summed E-state index contributed by atoms with van der Waals surface area (Å²) < 4.78 is 6.13. The monoisotopic (exact) mass is 450 g/mol. The van der Waals surface area contributed by atoms with Crippen LogP contribution in [0.5, 0.6) is 0 Å². The second-order valence-corrected chi connectivity index (χ2v) is 11.8. The minimum absolute atomic E-state index is 0.470. The first kappa shape index (κ1) is 25.0. The number of unbranched alkanes of at least 4 members (excludes halogenated alkanes) is 4. The van der Waals surface area contributed by atoms with E-state index in [9.17, 15) is 0 Å². The topological polar surface area (TPSA) is 9.23 Å². The molecule has 4 saturated carbocycles. The predicted molar refractivity (Wildman–Crippen MR) is 142 cm³/mol. The molecule has 4 fully saturated rings. The largest absolute Gasteiger partial charge is 0.374 e. The molecule has 1 heteroatoms. The van der Waals surface area contributed by atoms with Crippen molar-refractivity contribution in [2.75, 3.05) is 6.61 Å². The van der Waals surface area contributed by atoms with E-state index in [1.807, 2.05) is 0 Å². The van der Waals surface area contributed by atoms with Crippen LogP contribution in [0, 0.1) is 5.41 Å². The van der Waals surface area contributed by atoms with Crippen LogP contribution < -0.4 is 0 Å². The predicted octanol–water partition coefficient (Wildman–Crippen LogP) is 9.65. The summed E-state index contributed by atoms with van der Waals surface area (Å²) in [5.74, 6) is 0.737. The normalized spacial score (nSPS) is 31.9. The van der Waals surface area contributed by atoms with E-state index < -0.39 is 0 Å². The highest BCUT2D eigenvalue weighted by Crippen LogP contribution is 2.59. The lowest BCUT2D eigenvalue weighted by molar-refractivity contribution is 0.0305. The Hall–Kier alpha value is -1.08. The summed E-state index contributed by atoms with van der Waals surface area (Å²) >= 11 is 0. The van der Waals surface area contributed by atoms with Crippen LogP contribution in [-0.4, -0.2) is 12.7 Å². The van der Waals surface area contributed by atoms with Gasteiger partial charge in [0.25, 0.3) is 0 Å². The summed E-state index contributed by atoms with van der Waals surface area (Å²) in [5, 5.41) is 0. The first-order valence-electron chi connectivity index (χ1n) is 14.6. The SMILES string of the molecule is CCCCC=CCO[C@H]1CC[C@H](c2ccc(C34CCC(CCCCC)(CC3)CC4)cc2)CC1. The third kappa shape index (κ3) is 6.33. The van der Waals surface area contributed by atoms with E-state index in [1.54, 1.807) is 11.1 Å². The zero-order chi connectivity index (χ0) is 23.0. The maximum Gasteiger partial charge on any atom is 0.0651 e. The molecule has 2 bridgehead atoms. The fourth-order valence-electron chi connectivity index (χ4n) is 7.19. The molecule has 4 aliphatic carbocycles. The van der Waals surface area contributed by atoms with E-state index in [-0.39, 0.29) is 0 Å². The van der Waals surface area contributed by atoms with Gasteiger partial charge in [-0.15, -0.1) is 0 Å². The van der Waals surface area contributed by atoms with Gasteiger partial charge in [-0.3, -0.25) is 0 Å². The number of rotatable bonds is 12. The van der Waals surface area contributed by atoms with Crippen molar-refractivity contribution in [3.05, 3.63) is 47.5 Å². The van der Waals surface area contributed by atoms with E-state index in [2.05, 4.69) is 50.3 Å². The molecule has 1 aromatic rings. The molecular formula is C32H50O. The minimum atomic E-state index is 0.470. The van der Waals surface area contributed by atoms with Gasteiger partial charge in [-0.05, 0) is 105 Å². The zero-order valence-electron chi connectivity index (χ0n) is 21.8. The van der Waals surface area contributed by atoms with Crippen LogP contribution in [0.4, 0.5) is 0 Å². The summed E-state index contributed by atoms with van der Waals surface area (Å²) in [7, 11) is 0. The summed E-state index contributed by atoms with van der Waals surface area (Å²) in [6.07, 6.45) is 28.3. The number of allylic oxidation sites excluding steroid dienone is 1. The van der Waals surface area contributed by atoms with Crippen LogP contribution in [0.2, 0.25) is 0 Å². The lowest BCUT2D eigenvalue weighted by atomic mass is 9.51. The first-order chi connectivity index (χ1) is 16.2. The first-order valence-corrected chi connectivity index (χ1v) is 14.6. The van der Waals surface area contributed by atoms with Gasteiger partial charge in [0.15, 0.2) is 0 Å². The molecule has 1 nitrogen and oxygen atoms in total. The molecule has 0 N–H and O–H groups in total. The molecule has 0 saturated heterocycles. The van der Waals surface area contributed by atoms with Crippen molar-refractivity contribution in [1.29, 1.82) is 0 Å². The Morgan fingerprint density at radius 3 is 2.09 bits per heavy atom. The summed E-state index contributed by atoms with van der Waals surface area (Å²) in [6.45, 7) is 5.39. The maximum atomic E-state index is 6.13. The molecule has 5 rings (SSSR count). The average Bonchev–Trinajstić information content (AvgIpc) is 2.88. The second-order valence-electron chi connectivity index (χ2n) is 11.8. The summed E-state index contributed by atoms with van der Waals surface area (Å²) in [4.78, 5) is 0. The van der Waals surface area contributed by atoms with Gasteiger partial charge < -0.3 is 4.74 Å². The smallest absolute Gasteiger partial charge is 0.0651 e. The van der Waals surface area contributed by atoms with E-state index in [0.717, 1.165) is 12.5 Å². The highest BCUT2D eigenvalue weighted by Gasteiger charge is 2.48. The Bertz CT molecular complexity index is 697. The number of hydrogen-bond donors (Lipinski definition) is 0. The molecule has 184 valence electrons. The molecule has 0 unspecified atom stereocenters. The molecule has 4 aliphatic rings. The van der Waals surface area contributed by atoms with Gasteiger partial charge in [0.2, 0.25) is 0 Å². The Morgan fingerprint density at radius 2 is 1.45 bits per heavy atom. The average molecular weight is 451 g/mol. The van der Waals surface area contributed by atoms with Crippen molar-refractivity contribution < 1.29 is 4.74 Å². The lowest BCUT2D eigenvalue weighted by Crippen LogP contribution is -2.44. The number of benzene rings is 1. The molecule has 33 heavy (non-hydrogen) atoms. The number of fused-ring (bicyclic) bond motifs is 3. The Morgan fingerprint density at radius 1 is 0.788 bits per heavy atom. The van der Waals surface area contributed by atoms with Gasteiger partial charge in [-0.25, -0.2) is 0 Å². The standard InChI is InChI=1S/C32H50O/c1-3-5-7-8-10-26-33-30-17-13-28(14-18-30)27-11-15-29(16-12-27)32-23-20-31(21-24-32,22-25-32)19-9-6-4-2/h8,10-12,15-16,28,30H,3-7,9,13-14,17-26H2,1-2H3/t28-,30-,31?,32?. The van der Waals surface area contributed by atoms with Crippen LogP contribution in [-0.2, 0) is 10.2 Å². The second kappa shape index (κ2) is 12.1. The van der Waals surface area contributed by atoms with Crippen molar-refractivity contribution in [3.8, 4) is 0 Å². The van der Waals surface area contributed by atoms with E-state index in [1.165, 1.54) is 109 Å². The van der Waals surface area contributed by atoms with Gasteiger partial charge in [-0.1, -0.05) is 82.4 Å². The summed E-state index contributed by atoms with van der Waals surface area (Å²) in [5.41, 5.74) is 4.44. The highest BCUT2D eigenvalue weighted by molar-refractivity contribution is 5.33. The Balaban J connectivity index is 1.23. The van der Waals surface area contributed by atoms with Crippen molar-refractivity contribution in [3.63, 3.8) is 0 Å². The Kier molecular flexibility index (Phi) is 9.14. The van der Waals surface area contributed by atoms with Crippen molar-refractivity contribution in [2.24, 2.45) is 5.41 Å². The van der Waals surface area contributed by atoms with Crippen LogP contribution >= 0.6 is 0 Å². The number of ether oxygens (including phenoxy) is 1. The van der Waals surface area contributed by atoms with Crippen LogP contribution in [0.3, 0.4) is 0 Å². The third-order valence-electron chi connectivity index (χ3n) is 9.70. The van der Waals surface area contributed by atoms with Gasteiger partial charge in [0, 0.05) is 0 Å². The third-order valence-corrected chi connectivity index (χ3v) is 9.70. The molecule has 0 spiro atoms. The van der Waals surface area contributed by atoms with E-state index in [0.29, 0.717) is 16.9 Å². The quantitative estimate of drug-likeness (QED) is 0.227. The maximum absolute atomic E-state index is 6.13. The zero-order valence-corrected chi connectivity index (χ0v) is 21.8.